The smallest absolute Gasteiger partial charge is 0.0900 e. The number of aliphatic hydroxyl groups excluding tert-OH is 1. The molecule has 1 aliphatic rings. The van der Waals surface area contributed by atoms with Gasteiger partial charge in [-0.2, -0.15) is 0 Å². The topological polar surface area (TPSA) is 54.0 Å². The summed E-state index contributed by atoms with van der Waals surface area (Å²) in [4.78, 5) is 2.29. The molecule has 0 radical (unpaired) electrons. The minimum atomic E-state index is -0.413. The number of β-amino-alcohol motifs (C(OH)–C–C–N with tert-alkyl or cyclic N) is 1. The molecule has 1 fully saturated rings. The number of hydrogen-bond acceptors (Lipinski definition) is 5. The van der Waals surface area contributed by atoms with Gasteiger partial charge in [0.15, 0.2) is 0 Å². The number of hydrogen-bond donors (Lipinski definition) is 2. The predicted molar refractivity (Wildman–Crippen MR) is 67.2 cm³/mol. The normalized spacial score (nSPS) is 28.2. The van der Waals surface area contributed by atoms with Crippen LogP contribution in [0.15, 0.2) is 0 Å². The fourth-order valence-corrected chi connectivity index (χ4v) is 2.30. The molecule has 0 amide bonds. The average Bonchev–Trinajstić information content (AvgIpc) is 2.23. The Morgan fingerprint density at radius 1 is 1.29 bits per heavy atom. The highest BCUT2D eigenvalue weighted by Crippen LogP contribution is 2.05. The maximum absolute atomic E-state index is 9.85. The van der Waals surface area contributed by atoms with Crippen LogP contribution in [-0.4, -0.2) is 74.8 Å². The maximum Gasteiger partial charge on any atom is 0.0900 e. The van der Waals surface area contributed by atoms with E-state index in [0.29, 0.717) is 38.4 Å². The first-order valence-corrected chi connectivity index (χ1v) is 6.35. The number of piperazine rings is 1. The molecule has 0 saturated carbocycles. The van der Waals surface area contributed by atoms with E-state index in [1.165, 1.54) is 0 Å². The van der Waals surface area contributed by atoms with Crippen molar-refractivity contribution in [2.24, 2.45) is 0 Å². The van der Waals surface area contributed by atoms with E-state index in [1.54, 1.807) is 7.11 Å². The second-order valence-electron chi connectivity index (χ2n) is 4.91. The SMILES string of the molecule is COCCOCC(O)CN1CC(C)NC(C)C1. The molecule has 1 rings (SSSR count). The summed E-state index contributed by atoms with van der Waals surface area (Å²) < 4.78 is 10.2. The van der Waals surface area contributed by atoms with Crippen LogP contribution in [0.1, 0.15) is 13.8 Å². The van der Waals surface area contributed by atoms with Crippen LogP contribution in [0.5, 0.6) is 0 Å². The van der Waals surface area contributed by atoms with Crippen molar-refractivity contribution in [3.63, 3.8) is 0 Å². The molecule has 1 heterocycles. The standard InChI is InChI=1S/C12H26N2O3/c1-10-6-14(7-11(2)13-10)8-12(15)9-17-5-4-16-3/h10-13,15H,4-9H2,1-3H3. The summed E-state index contributed by atoms with van der Waals surface area (Å²) >= 11 is 0. The third-order valence-electron chi connectivity index (χ3n) is 2.84. The number of rotatable bonds is 7. The summed E-state index contributed by atoms with van der Waals surface area (Å²) in [5, 5.41) is 13.3. The molecule has 3 unspecified atom stereocenters. The molecule has 2 N–H and O–H groups in total. The first-order chi connectivity index (χ1) is 8.11. The molecule has 0 aromatic rings. The molecule has 102 valence electrons. The van der Waals surface area contributed by atoms with Crippen LogP contribution in [0, 0.1) is 0 Å². The summed E-state index contributed by atoms with van der Waals surface area (Å²) in [5.74, 6) is 0. The Balaban J connectivity index is 2.14. The molecule has 0 aliphatic carbocycles. The summed E-state index contributed by atoms with van der Waals surface area (Å²) in [5.41, 5.74) is 0. The fraction of sp³-hybridized carbons (Fsp3) is 1.00. The lowest BCUT2D eigenvalue weighted by molar-refractivity contribution is -0.00553. The molecular weight excluding hydrogens is 220 g/mol. The molecule has 0 spiro atoms. The third-order valence-corrected chi connectivity index (χ3v) is 2.84. The average molecular weight is 246 g/mol. The van der Waals surface area contributed by atoms with Gasteiger partial charge in [0.2, 0.25) is 0 Å². The highest BCUT2D eigenvalue weighted by molar-refractivity contribution is 4.81. The Morgan fingerprint density at radius 2 is 1.94 bits per heavy atom. The van der Waals surface area contributed by atoms with Gasteiger partial charge in [-0.25, -0.2) is 0 Å². The van der Waals surface area contributed by atoms with Gasteiger partial charge in [-0.1, -0.05) is 0 Å². The van der Waals surface area contributed by atoms with Crippen molar-refractivity contribution in [1.29, 1.82) is 0 Å². The second-order valence-corrected chi connectivity index (χ2v) is 4.91. The van der Waals surface area contributed by atoms with Crippen molar-refractivity contribution in [3.05, 3.63) is 0 Å². The van der Waals surface area contributed by atoms with Gasteiger partial charge < -0.3 is 19.9 Å². The molecule has 1 saturated heterocycles. The van der Waals surface area contributed by atoms with E-state index in [1.807, 2.05) is 0 Å². The van der Waals surface area contributed by atoms with E-state index < -0.39 is 6.10 Å². The van der Waals surface area contributed by atoms with E-state index in [-0.39, 0.29) is 0 Å². The molecular formula is C12H26N2O3. The lowest BCUT2D eigenvalue weighted by Crippen LogP contribution is -2.55. The molecule has 3 atom stereocenters. The zero-order valence-corrected chi connectivity index (χ0v) is 11.2. The van der Waals surface area contributed by atoms with Gasteiger partial charge in [0.1, 0.15) is 0 Å². The van der Waals surface area contributed by atoms with Crippen LogP contribution in [0.2, 0.25) is 0 Å². The van der Waals surface area contributed by atoms with Crippen LogP contribution >= 0.6 is 0 Å². The van der Waals surface area contributed by atoms with E-state index in [0.717, 1.165) is 13.1 Å². The molecule has 5 nitrogen and oxygen atoms in total. The van der Waals surface area contributed by atoms with Gasteiger partial charge in [-0.05, 0) is 13.8 Å². The molecule has 0 bridgehead atoms. The number of nitrogens with zero attached hydrogens (tertiary/aromatic N) is 1. The van der Waals surface area contributed by atoms with Crippen LogP contribution in [0.4, 0.5) is 0 Å². The largest absolute Gasteiger partial charge is 0.389 e. The number of ether oxygens (including phenoxy) is 2. The van der Waals surface area contributed by atoms with Crippen molar-refractivity contribution >= 4 is 0 Å². The maximum atomic E-state index is 9.85. The first kappa shape index (κ1) is 14.9. The van der Waals surface area contributed by atoms with Gasteiger partial charge in [0, 0.05) is 38.8 Å². The van der Waals surface area contributed by atoms with Crippen LogP contribution in [-0.2, 0) is 9.47 Å². The molecule has 0 aromatic heterocycles. The molecule has 1 aliphatic heterocycles. The van der Waals surface area contributed by atoms with Gasteiger partial charge >= 0.3 is 0 Å². The van der Waals surface area contributed by atoms with Crippen LogP contribution in [0.25, 0.3) is 0 Å². The zero-order valence-electron chi connectivity index (χ0n) is 11.2. The zero-order chi connectivity index (χ0) is 12.7. The van der Waals surface area contributed by atoms with Gasteiger partial charge in [-0.3, -0.25) is 4.90 Å². The fourth-order valence-electron chi connectivity index (χ4n) is 2.30. The quantitative estimate of drug-likeness (QED) is 0.604. The van der Waals surface area contributed by atoms with Crippen LogP contribution < -0.4 is 5.32 Å². The third kappa shape index (κ3) is 6.33. The van der Waals surface area contributed by atoms with E-state index in [4.69, 9.17) is 9.47 Å². The highest BCUT2D eigenvalue weighted by atomic mass is 16.5. The Labute approximate surface area is 104 Å². The lowest BCUT2D eigenvalue weighted by atomic mass is 10.1. The Morgan fingerprint density at radius 3 is 2.53 bits per heavy atom. The Hall–Kier alpha value is -0.200. The van der Waals surface area contributed by atoms with Crippen LogP contribution in [0.3, 0.4) is 0 Å². The number of methoxy groups -OCH3 is 1. The minimum absolute atomic E-state index is 0.385. The minimum Gasteiger partial charge on any atom is -0.389 e. The van der Waals surface area contributed by atoms with Crippen molar-refractivity contribution in [1.82, 2.24) is 10.2 Å². The summed E-state index contributed by atoms with van der Waals surface area (Å²) in [6, 6.07) is 0.973. The Bertz CT molecular complexity index is 194. The van der Waals surface area contributed by atoms with Crippen molar-refractivity contribution in [3.8, 4) is 0 Å². The van der Waals surface area contributed by atoms with E-state index in [2.05, 4.69) is 24.1 Å². The van der Waals surface area contributed by atoms with Crippen molar-refractivity contribution in [2.45, 2.75) is 32.0 Å². The molecule has 17 heavy (non-hydrogen) atoms. The van der Waals surface area contributed by atoms with E-state index in [9.17, 15) is 5.11 Å². The van der Waals surface area contributed by atoms with E-state index >= 15 is 0 Å². The monoisotopic (exact) mass is 246 g/mol. The first-order valence-electron chi connectivity index (χ1n) is 6.35. The molecule has 0 aromatic carbocycles. The second kappa shape index (κ2) is 8.00. The lowest BCUT2D eigenvalue weighted by Gasteiger charge is -2.37. The van der Waals surface area contributed by atoms with Gasteiger partial charge in [0.05, 0.1) is 25.9 Å². The summed E-state index contributed by atoms with van der Waals surface area (Å²) in [6.07, 6.45) is -0.413. The highest BCUT2D eigenvalue weighted by Gasteiger charge is 2.22. The van der Waals surface area contributed by atoms with Gasteiger partial charge in [0.25, 0.3) is 0 Å². The van der Waals surface area contributed by atoms with Crippen molar-refractivity contribution < 1.29 is 14.6 Å². The van der Waals surface area contributed by atoms with Crippen molar-refractivity contribution in [2.75, 3.05) is 46.6 Å². The molecule has 5 heteroatoms. The Kier molecular flexibility index (Phi) is 6.99. The predicted octanol–water partition coefficient (Wildman–Crippen LogP) is -0.307. The number of nitrogens with one attached hydrogen (secondary N) is 1. The summed E-state index contributed by atoms with van der Waals surface area (Å²) in [7, 11) is 1.64. The van der Waals surface area contributed by atoms with Gasteiger partial charge in [-0.15, -0.1) is 0 Å². The number of aliphatic hydroxyl groups is 1. The summed E-state index contributed by atoms with van der Waals surface area (Å²) in [6.45, 7) is 8.50.